The van der Waals surface area contributed by atoms with Gasteiger partial charge in [0.1, 0.15) is 6.10 Å². The van der Waals surface area contributed by atoms with Crippen molar-refractivity contribution in [2.45, 2.75) is 39.3 Å². The highest BCUT2D eigenvalue weighted by molar-refractivity contribution is 7.71. The number of nitrogens with zero attached hydrogens (tertiary/aromatic N) is 5. The van der Waals surface area contributed by atoms with E-state index < -0.39 is 0 Å². The Bertz CT molecular complexity index is 1010. The zero-order valence-corrected chi connectivity index (χ0v) is 16.2. The van der Waals surface area contributed by atoms with Gasteiger partial charge in [0.2, 0.25) is 4.77 Å². The number of benzene rings is 1. The molecule has 0 unspecified atom stereocenters. The van der Waals surface area contributed by atoms with Gasteiger partial charge in [0, 0.05) is 17.9 Å². The summed E-state index contributed by atoms with van der Waals surface area (Å²) in [5, 5.41) is 16.4. The zero-order chi connectivity index (χ0) is 18.8. The lowest BCUT2D eigenvalue weighted by Gasteiger charge is -2.07. The lowest BCUT2D eigenvalue weighted by molar-refractivity contribution is 0.102. The van der Waals surface area contributed by atoms with Crippen LogP contribution in [0.25, 0.3) is 0 Å². The topological polar surface area (TPSA) is 73.0 Å². The summed E-state index contributed by atoms with van der Waals surface area (Å²) in [4.78, 5) is 0. The molecule has 1 atom stereocenters. The fraction of sp³-hybridized carbons (Fsp3) is 0.368. The van der Waals surface area contributed by atoms with Crippen molar-refractivity contribution in [3.05, 3.63) is 63.4 Å². The number of H-pyrrole nitrogens is 1. The summed E-state index contributed by atoms with van der Waals surface area (Å²) in [6.07, 6.45) is 3.71. The van der Waals surface area contributed by atoms with Crippen LogP contribution in [0, 0.1) is 18.6 Å². The van der Waals surface area contributed by atoms with Crippen molar-refractivity contribution in [3.8, 4) is 0 Å². The van der Waals surface area contributed by atoms with E-state index in [1.165, 1.54) is 5.56 Å². The number of hydrogen-bond acceptors (Lipinski definition) is 5. The number of ether oxygens (including phenoxy) is 1. The van der Waals surface area contributed by atoms with Crippen LogP contribution < -0.4 is 0 Å². The standard InChI is InChI=1S/C19H22N6OS/c1-13-16(14(2)24(23-13)12-15-7-4-3-5-8-15)11-20-25-18(21-22-19(25)27)17-9-6-10-26-17/h3-5,7-8,11,17H,6,9-10,12H2,1-2H3,(H,22,27)/b20-11-/t17-/m0/s1. The fourth-order valence-corrected chi connectivity index (χ4v) is 3.51. The van der Waals surface area contributed by atoms with Crippen LogP contribution in [0.2, 0.25) is 0 Å². The van der Waals surface area contributed by atoms with Gasteiger partial charge in [0.15, 0.2) is 5.82 Å². The Hall–Kier alpha value is -2.58. The van der Waals surface area contributed by atoms with Gasteiger partial charge in [-0.1, -0.05) is 30.3 Å². The maximum atomic E-state index is 5.72. The molecule has 0 bridgehead atoms. The number of rotatable bonds is 5. The number of nitrogens with one attached hydrogen (secondary N) is 1. The van der Waals surface area contributed by atoms with Gasteiger partial charge in [-0.25, -0.2) is 0 Å². The number of aromatic amines is 1. The van der Waals surface area contributed by atoms with E-state index in [0.717, 1.165) is 48.8 Å². The van der Waals surface area contributed by atoms with Gasteiger partial charge >= 0.3 is 0 Å². The molecular formula is C19H22N6OS. The first-order chi connectivity index (χ1) is 13.1. The Labute approximate surface area is 162 Å². The second kappa shape index (κ2) is 7.58. The highest BCUT2D eigenvalue weighted by atomic mass is 32.1. The maximum absolute atomic E-state index is 5.72. The molecule has 1 saturated heterocycles. The fourth-order valence-electron chi connectivity index (χ4n) is 3.33. The molecule has 1 aliphatic rings. The van der Waals surface area contributed by atoms with Crippen LogP contribution in [-0.4, -0.2) is 37.5 Å². The molecule has 7 nitrogen and oxygen atoms in total. The normalized spacial score (nSPS) is 17.2. The quantitative estimate of drug-likeness (QED) is 0.541. The molecule has 0 spiro atoms. The van der Waals surface area contributed by atoms with Crippen LogP contribution in [0.15, 0.2) is 35.4 Å². The zero-order valence-electron chi connectivity index (χ0n) is 15.4. The minimum absolute atomic E-state index is 0.0573. The van der Waals surface area contributed by atoms with Gasteiger partial charge in [-0.05, 0) is 44.5 Å². The molecule has 0 aliphatic carbocycles. The highest BCUT2D eigenvalue weighted by Gasteiger charge is 2.23. The minimum atomic E-state index is -0.0573. The molecule has 1 fully saturated rings. The molecule has 1 aromatic carbocycles. The van der Waals surface area contributed by atoms with Crippen LogP contribution in [-0.2, 0) is 11.3 Å². The third-order valence-corrected chi connectivity index (χ3v) is 5.07. The Morgan fingerprint density at radius 2 is 2.15 bits per heavy atom. The Morgan fingerprint density at radius 1 is 1.33 bits per heavy atom. The Balaban J connectivity index is 1.62. The van der Waals surface area contributed by atoms with Gasteiger partial charge in [0.05, 0.1) is 18.5 Å². The first-order valence-corrected chi connectivity index (χ1v) is 9.45. The summed E-state index contributed by atoms with van der Waals surface area (Å²) in [7, 11) is 0. The average molecular weight is 382 g/mol. The van der Waals surface area contributed by atoms with Gasteiger partial charge in [-0.3, -0.25) is 9.78 Å². The molecule has 1 aliphatic heterocycles. The summed E-state index contributed by atoms with van der Waals surface area (Å²) in [5.74, 6) is 0.723. The van der Waals surface area contributed by atoms with Crippen LogP contribution in [0.5, 0.6) is 0 Å². The minimum Gasteiger partial charge on any atom is -0.370 e. The molecule has 0 saturated carbocycles. The summed E-state index contributed by atoms with van der Waals surface area (Å²) < 4.78 is 9.84. The summed E-state index contributed by atoms with van der Waals surface area (Å²) in [6, 6.07) is 10.3. The number of aromatic nitrogens is 5. The van der Waals surface area contributed by atoms with Crippen LogP contribution in [0.3, 0.4) is 0 Å². The monoisotopic (exact) mass is 382 g/mol. The van der Waals surface area contributed by atoms with E-state index in [4.69, 9.17) is 17.0 Å². The van der Waals surface area contributed by atoms with Crippen molar-refractivity contribution in [3.63, 3.8) is 0 Å². The molecule has 1 N–H and O–H groups in total. The van der Waals surface area contributed by atoms with Crippen molar-refractivity contribution in [1.82, 2.24) is 24.7 Å². The summed E-state index contributed by atoms with van der Waals surface area (Å²) in [6.45, 7) is 5.53. The lowest BCUT2D eigenvalue weighted by Crippen LogP contribution is -2.06. The smallest absolute Gasteiger partial charge is 0.216 e. The first-order valence-electron chi connectivity index (χ1n) is 9.04. The SMILES string of the molecule is Cc1nn(Cc2ccccc2)c(C)c1/C=N\n1c([C@@H]2CCCO2)n[nH]c1=S. The van der Waals surface area contributed by atoms with Crippen molar-refractivity contribution >= 4 is 18.4 Å². The largest absolute Gasteiger partial charge is 0.370 e. The lowest BCUT2D eigenvalue weighted by atomic mass is 10.2. The second-order valence-corrected chi connectivity index (χ2v) is 7.06. The van der Waals surface area contributed by atoms with Crippen molar-refractivity contribution in [1.29, 1.82) is 0 Å². The van der Waals surface area contributed by atoms with E-state index in [1.807, 2.05) is 36.0 Å². The van der Waals surface area contributed by atoms with Crippen molar-refractivity contribution in [2.75, 3.05) is 6.61 Å². The number of aryl methyl sites for hydroxylation is 1. The molecular weight excluding hydrogens is 360 g/mol. The Kier molecular flexibility index (Phi) is 5.00. The molecule has 27 heavy (non-hydrogen) atoms. The van der Waals surface area contributed by atoms with Crippen LogP contribution in [0.4, 0.5) is 0 Å². The molecule has 3 heterocycles. The predicted molar refractivity (Wildman–Crippen MR) is 106 cm³/mol. The molecule has 0 radical (unpaired) electrons. The van der Waals surface area contributed by atoms with Crippen molar-refractivity contribution < 1.29 is 4.74 Å². The van der Waals surface area contributed by atoms with E-state index in [0.29, 0.717) is 4.77 Å². The van der Waals surface area contributed by atoms with E-state index in [9.17, 15) is 0 Å². The van der Waals surface area contributed by atoms with Crippen LogP contribution in [0.1, 0.15) is 47.3 Å². The van der Waals surface area contributed by atoms with Gasteiger partial charge in [0.25, 0.3) is 0 Å². The molecule has 4 rings (SSSR count). The van der Waals surface area contributed by atoms with Gasteiger partial charge in [-0.15, -0.1) is 0 Å². The van der Waals surface area contributed by atoms with Gasteiger partial charge in [-0.2, -0.15) is 20.0 Å². The molecule has 0 amide bonds. The first kappa shape index (κ1) is 17.8. The summed E-state index contributed by atoms with van der Waals surface area (Å²) in [5.41, 5.74) is 4.20. The summed E-state index contributed by atoms with van der Waals surface area (Å²) >= 11 is 5.34. The molecule has 3 aromatic rings. The third kappa shape index (κ3) is 3.63. The maximum Gasteiger partial charge on any atom is 0.216 e. The van der Waals surface area contributed by atoms with E-state index in [1.54, 1.807) is 4.68 Å². The van der Waals surface area contributed by atoms with E-state index >= 15 is 0 Å². The Morgan fingerprint density at radius 3 is 2.89 bits per heavy atom. The third-order valence-electron chi connectivity index (χ3n) is 4.81. The second-order valence-electron chi connectivity index (χ2n) is 6.67. The van der Waals surface area contributed by atoms with E-state index in [-0.39, 0.29) is 6.10 Å². The van der Waals surface area contributed by atoms with E-state index in [2.05, 4.69) is 39.5 Å². The van der Waals surface area contributed by atoms with Crippen LogP contribution >= 0.6 is 12.2 Å². The highest BCUT2D eigenvalue weighted by Crippen LogP contribution is 2.27. The molecule has 2 aromatic heterocycles. The van der Waals surface area contributed by atoms with Crippen molar-refractivity contribution in [2.24, 2.45) is 5.10 Å². The molecule has 140 valence electrons. The number of hydrogen-bond donors (Lipinski definition) is 1. The molecule has 8 heteroatoms. The average Bonchev–Trinajstić information content (AvgIpc) is 3.37. The van der Waals surface area contributed by atoms with Gasteiger partial charge < -0.3 is 4.74 Å². The predicted octanol–water partition coefficient (Wildman–Crippen LogP) is 3.54.